The fourth-order valence-electron chi connectivity index (χ4n) is 3.20. The summed E-state index contributed by atoms with van der Waals surface area (Å²) < 4.78 is 13.2. The van der Waals surface area contributed by atoms with E-state index in [1.807, 2.05) is 36.1 Å². The quantitative estimate of drug-likeness (QED) is 0.745. The third-order valence-electron chi connectivity index (χ3n) is 4.65. The van der Waals surface area contributed by atoms with Crippen LogP contribution in [0.5, 0.6) is 0 Å². The van der Waals surface area contributed by atoms with E-state index in [1.165, 1.54) is 0 Å². The van der Waals surface area contributed by atoms with Crippen LogP contribution in [0.2, 0.25) is 0 Å². The maximum Gasteiger partial charge on any atom is 0.239 e. The Balaban J connectivity index is 1.48. The summed E-state index contributed by atoms with van der Waals surface area (Å²) in [6.07, 6.45) is 2.00. The Morgan fingerprint density at radius 2 is 2.07 bits per heavy atom. The molecule has 1 fully saturated rings. The van der Waals surface area contributed by atoms with Crippen LogP contribution in [0, 0.1) is 6.92 Å². The van der Waals surface area contributed by atoms with Crippen LogP contribution in [0.4, 0.5) is 10.2 Å². The zero-order valence-electron chi connectivity index (χ0n) is 15.0. The van der Waals surface area contributed by atoms with Gasteiger partial charge in [-0.1, -0.05) is 23.5 Å². The normalized spacial score (nSPS) is 15.9. The highest BCUT2D eigenvalue weighted by Crippen LogP contribution is 2.27. The molecule has 1 aromatic carbocycles. The van der Waals surface area contributed by atoms with Gasteiger partial charge >= 0.3 is 0 Å². The third kappa shape index (κ3) is 4.28. The molecule has 0 unspecified atom stereocenters. The van der Waals surface area contributed by atoms with Crippen molar-refractivity contribution < 1.29 is 9.18 Å². The first-order chi connectivity index (χ1) is 13.1. The lowest BCUT2D eigenvalue weighted by molar-refractivity contribution is -0.117. The van der Waals surface area contributed by atoms with Crippen molar-refractivity contribution in [2.75, 3.05) is 25.0 Å². The van der Waals surface area contributed by atoms with Gasteiger partial charge in [-0.15, -0.1) is 10.2 Å². The zero-order chi connectivity index (χ0) is 18.8. The highest BCUT2D eigenvalue weighted by atomic mass is 32.1. The summed E-state index contributed by atoms with van der Waals surface area (Å²) in [5.41, 5.74) is 0.991. The Morgan fingerprint density at radius 1 is 1.26 bits per heavy atom. The summed E-state index contributed by atoms with van der Waals surface area (Å²) >= 11 is 1.54. The summed E-state index contributed by atoms with van der Waals surface area (Å²) in [5.74, 6) is 0.383. The lowest BCUT2D eigenvalue weighted by Crippen LogP contribution is -2.39. The molecule has 1 amide bonds. The maximum absolute atomic E-state index is 13.2. The van der Waals surface area contributed by atoms with Crippen molar-refractivity contribution in [2.24, 2.45) is 0 Å². The van der Waals surface area contributed by atoms with Crippen LogP contribution in [-0.2, 0) is 4.79 Å². The molecule has 140 valence electrons. The van der Waals surface area contributed by atoms with E-state index < -0.39 is 6.17 Å². The van der Waals surface area contributed by atoms with Gasteiger partial charge in [-0.2, -0.15) is 0 Å². The van der Waals surface area contributed by atoms with Crippen LogP contribution in [0.3, 0.4) is 0 Å². The molecule has 8 heteroatoms. The number of hydrogen-bond donors (Lipinski definition) is 1. The van der Waals surface area contributed by atoms with Crippen molar-refractivity contribution in [3.05, 3.63) is 35.5 Å². The van der Waals surface area contributed by atoms with Gasteiger partial charge in [-0.25, -0.2) is 9.37 Å². The smallest absolute Gasteiger partial charge is 0.239 e. The van der Waals surface area contributed by atoms with Gasteiger partial charge in [-0.3, -0.25) is 9.69 Å². The molecular weight excluding hydrogens is 365 g/mol. The molecule has 27 heavy (non-hydrogen) atoms. The Morgan fingerprint density at radius 3 is 2.81 bits per heavy atom. The molecule has 0 spiro atoms. The number of aromatic nitrogens is 3. The fraction of sp³-hybridized carbons (Fsp3) is 0.368. The Hall–Kier alpha value is -2.45. The maximum atomic E-state index is 13.2. The van der Waals surface area contributed by atoms with Gasteiger partial charge in [0.25, 0.3) is 0 Å². The molecule has 0 radical (unpaired) electrons. The topological polar surface area (TPSA) is 71.0 Å². The Kier molecular flexibility index (Phi) is 5.09. The number of nitrogens with one attached hydrogen (secondary N) is 1. The van der Waals surface area contributed by atoms with Crippen molar-refractivity contribution in [3.63, 3.8) is 0 Å². The number of hydrogen-bond acceptors (Lipinski definition) is 6. The van der Waals surface area contributed by atoms with E-state index in [9.17, 15) is 9.18 Å². The number of anilines is 1. The largest absolute Gasteiger partial charge is 0.310 e. The fourth-order valence-corrected chi connectivity index (χ4v) is 3.89. The van der Waals surface area contributed by atoms with Crippen molar-refractivity contribution in [1.82, 2.24) is 20.1 Å². The number of amides is 1. The number of carbonyl (C=O) groups excluding carboxylic acids is 1. The molecule has 2 aromatic heterocycles. The Labute approximate surface area is 160 Å². The number of likely N-dealkylation sites (tertiary alicyclic amines) is 1. The summed E-state index contributed by atoms with van der Waals surface area (Å²) in [6, 6.07) is 7.87. The number of rotatable bonds is 4. The van der Waals surface area contributed by atoms with E-state index in [2.05, 4.69) is 20.5 Å². The first kappa shape index (κ1) is 17.9. The molecule has 3 heterocycles. The van der Waals surface area contributed by atoms with Crippen molar-refractivity contribution >= 4 is 33.8 Å². The van der Waals surface area contributed by atoms with E-state index in [1.54, 1.807) is 17.5 Å². The number of alkyl halides is 1. The summed E-state index contributed by atoms with van der Waals surface area (Å²) in [7, 11) is 0. The molecule has 1 aliphatic rings. The van der Waals surface area contributed by atoms with Crippen LogP contribution >= 0.6 is 11.3 Å². The van der Waals surface area contributed by atoms with Crippen LogP contribution in [0.15, 0.2) is 30.5 Å². The minimum absolute atomic E-state index is 0.130. The highest BCUT2D eigenvalue weighted by Gasteiger charge is 2.20. The molecule has 6 nitrogen and oxygen atoms in total. The molecule has 1 aliphatic heterocycles. The number of piperidine rings is 1. The number of nitrogens with zero attached hydrogens (tertiary/aromatic N) is 4. The van der Waals surface area contributed by atoms with Gasteiger partial charge in [-0.05, 0) is 37.3 Å². The number of aryl methyl sites for hydroxylation is 1. The average molecular weight is 385 g/mol. The van der Waals surface area contributed by atoms with Gasteiger partial charge in [0, 0.05) is 30.2 Å². The number of fused-ring (bicyclic) bond motifs is 1. The molecular formula is C19H20FN5OS. The molecule has 4 rings (SSSR count). The molecule has 1 N–H and O–H groups in total. The minimum Gasteiger partial charge on any atom is -0.310 e. The number of pyridine rings is 1. The summed E-state index contributed by atoms with van der Waals surface area (Å²) in [6.45, 7) is 3.42. The first-order valence-electron chi connectivity index (χ1n) is 8.93. The molecule has 0 aliphatic carbocycles. The summed E-state index contributed by atoms with van der Waals surface area (Å²) in [4.78, 5) is 18.6. The predicted molar refractivity (Wildman–Crippen MR) is 105 cm³/mol. The number of halogens is 1. The van der Waals surface area contributed by atoms with Gasteiger partial charge in [0.1, 0.15) is 22.0 Å². The standard InChI is InChI=1S/C19H20FN5OS/c1-12-23-24-19(27-12)13-2-3-14-10-21-17(9-15(14)8-13)22-18(26)11-25-6-4-16(20)5-7-25/h2-3,8-10,16H,4-7,11H2,1H3,(H,21,22,26). The zero-order valence-corrected chi connectivity index (χ0v) is 15.8. The van der Waals surface area contributed by atoms with Crippen molar-refractivity contribution in [3.8, 4) is 10.6 Å². The van der Waals surface area contributed by atoms with Crippen LogP contribution in [-0.4, -0.2) is 51.8 Å². The molecule has 1 saturated heterocycles. The van der Waals surface area contributed by atoms with Gasteiger partial charge in [0.2, 0.25) is 5.91 Å². The highest BCUT2D eigenvalue weighted by molar-refractivity contribution is 7.14. The number of benzene rings is 1. The second kappa shape index (κ2) is 7.66. The third-order valence-corrected chi connectivity index (χ3v) is 5.53. The lowest BCUT2D eigenvalue weighted by atomic mass is 10.1. The second-order valence-corrected chi connectivity index (χ2v) is 7.94. The predicted octanol–water partition coefficient (Wildman–Crippen LogP) is 3.43. The van der Waals surface area contributed by atoms with E-state index >= 15 is 0 Å². The number of carbonyl (C=O) groups is 1. The van der Waals surface area contributed by atoms with Gasteiger partial charge in [0.15, 0.2) is 0 Å². The van der Waals surface area contributed by atoms with Gasteiger partial charge in [0.05, 0.1) is 6.54 Å². The van der Waals surface area contributed by atoms with E-state index in [-0.39, 0.29) is 12.5 Å². The van der Waals surface area contributed by atoms with Crippen LogP contribution < -0.4 is 5.32 Å². The van der Waals surface area contributed by atoms with Crippen LogP contribution in [0.25, 0.3) is 21.3 Å². The monoisotopic (exact) mass is 385 g/mol. The second-order valence-electron chi connectivity index (χ2n) is 6.76. The molecule has 0 atom stereocenters. The van der Waals surface area contributed by atoms with Crippen molar-refractivity contribution in [1.29, 1.82) is 0 Å². The van der Waals surface area contributed by atoms with E-state index in [0.717, 1.165) is 26.4 Å². The summed E-state index contributed by atoms with van der Waals surface area (Å²) in [5, 5.41) is 14.8. The van der Waals surface area contributed by atoms with Crippen LogP contribution in [0.1, 0.15) is 17.8 Å². The lowest BCUT2D eigenvalue weighted by Gasteiger charge is -2.27. The molecule has 3 aromatic rings. The average Bonchev–Trinajstić information content (AvgIpc) is 3.09. The van der Waals surface area contributed by atoms with Gasteiger partial charge < -0.3 is 5.32 Å². The molecule has 0 saturated carbocycles. The first-order valence-corrected chi connectivity index (χ1v) is 9.75. The molecule has 0 bridgehead atoms. The Bertz CT molecular complexity index is 968. The van der Waals surface area contributed by atoms with Crippen molar-refractivity contribution in [2.45, 2.75) is 25.9 Å². The van der Waals surface area contributed by atoms with E-state index in [0.29, 0.717) is 31.7 Å². The SMILES string of the molecule is Cc1nnc(-c2ccc3cnc(NC(=O)CN4CCC(F)CC4)cc3c2)s1. The minimum atomic E-state index is -0.738. The van der Waals surface area contributed by atoms with E-state index in [4.69, 9.17) is 0 Å².